The third-order valence-electron chi connectivity index (χ3n) is 3.49. The minimum absolute atomic E-state index is 0.0191. The van der Waals surface area contributed by atoms with Gasteiger partial charge in [-0.05, 0) is 24.1 Å². The number of carboxylic acid groups (broad SMARTS) is 1. The Balaban J connectivity index is 1.85. The van der Waals surface area contributed by atoms with Crippen LogP contribution in [0.15, 0.2) is 28.8 Å². The summed E-state index contributed by atoms with van der Waals surface area (Å²) in [5.74, 6) is -0.250. The quantitative estimate of drug-likeness (QED) is 0.721. The number of nitrogens with zero attached hydrogens (tertiary/aromatic N) is 1. The lowest BCUT2D eigenvalue weighted by atomic mass is 10.1. The van der Waals surface area contributed by atoms with Gasteiger partial charge in [0, 0.05) is 36.4 Å². The van der Waals surface area contributed by atoms with Crippen molar-refractivity contribution in [2.45, 2.75) is 26.2 Å². The van der Waals surface area contributed by atoms with E-state index >= 15 is 0 Å². The number of aromatic nitrogens is 1. The molecule has 0 aliphatic heterocycles. The molecule has 0 fully saturated rings. The zero-order chi connectivity index (χ0) is 18.4. The van der Waals surface area contributed by atoms with Gasteiger partial charge in [0.2, 0.25) is 5.91 Å². The van der Waals surface area contributed by atoms with Gasteiger partial charge in [0.05, 0.1) is 11.2 Å². The van der Waals surface area contributed by atoms with Crippen molar-refractivity contribution in [1.29, 1.82) is 0 Å². The first kappa shape index (κ1) is 19.3. The second kappa shape index (κ2) is 8.87. The second-order valence-electron chi connectivity index (χ2n) is 5.75. The third kappa shape index (κ3) is 6.07. The molecule has 0 saturated heterocycles. The fourth-order valence-electron chi connectivity index (χ4n) is 2.21. The zero-order valence-electron chi connectivity index (χ0n) is 13.6. The largest absolute Gasteiger partial charge is 0.481 e. The molecule has 1 amide bonds. The van der Waals surface area contributed by atoms with Crippen LogP contribution in [0.25, 0.3) is 11.3 Å². The molecule has 134 valence electrons. The van der Waals surface area contributed by atoms with Crippen LogP contribution in [0.5, 0.6) is 0 Å². The summed E-state index contributed by atoms with van der Waals surface area (Å²) in [6, 6.07) is 5.06. The Morgan fingerprint density at radius 1 is 1.36 bits per heavy atom. The van der Waals surface area contributed by atoms with Gasteiger partial charge in [-0.1, -0.05) is 30.1 Å². The minimum atomic E-state index is -0.880. The highest BCUT2D eigenvalue weighted by Gasteiger charge is 2.13. The van der Waals surface area contributed by atoms with Crippen LogP contribution in [0.4, 0.5) is 0 Å². The summed E-state index contributed by atoms with van der Waals surface area (Å²) in [4.78, 5) is 26.5. The van der Waals surface area contributed by atoms with E-state index in [2.05, 4.69) is 10.3 Å². The maximum atomic E-state index is 11.8. The smallest absolute Gasteiger partial charge is 0.303 e. The number of oxazole rings is 1. The predicted octanol–water partition coefficient (Wildman–Crippen LogP) is 3.81. The molecule has 2 N–H and O–H groups in total. The number of carbonyl (C=O) groups excluding carboxylic acids is 1. The summed E-state index contributed by atoms with van der Waals surface area (Å²) in [7, 11) is 0. The molecule has 2 aromatic rings. The highest BCUT2D eigenvalue weighted by atomic mass is 35.5. The van der Waals surface area contributed by atoms with Crippen molar-refractivity contribution in [2.75, 3.05) is 6.54 Å². The number of aliphatic carboxylic acids is 1. The second-order valence-corrected chi connectivity index (χ2v) is 6.59. The van der Waals surface area contributed by atoms with Gasteiger partial charge in [0.25, 0.3) is 0 Å². The SMILES string of the molecule is CC(CNC(=O)CCc1ncc(-c2ccc(Cl)cc2Cl)o1)CC(=O)O. The van der Waals surface area contributed by atoms with Crippen molar-refractivity contribution in [2.24, 2.45) is 5.92 Å². The van der Waals surface area contributed by atoms with Crippen LogP contribution in [-0.2, 0) is 16.0 Å². The van der Waals surface area contributed by atoms with E-state index in [4.69, 9.17) is 32.7 Å². The maximum absolute atomic E-state index is 11.8. The number of rotatable bonds is 8. The Hall–Kier alpha value is -2.05. The molecule has 25 heavy (non-hydrogen) atoms. The van der Waals surface area contributed by atoms with Gasteiger partial charge in [-0.2, -0.15) is 0 Å². The van der Waals surface area contributed by atoms with Crippen LogP contribution in [0.1, 0.15) is 25.7 Å². The Morgan fingerprint density at radius 3 is 2.80 bits per heavy atom. The van der Waals surface area contributed by atoms with Crippen LogP contribution in [-0.4, -0.2) is 28.5 Å². The molecule has 1 aromatic carbocycles. The van der Waals surface area contributed by atoms with Crippen LogP contribution in [0.2, 0.25) is 10.0 Å². The van der Waals surface area contributed by atoms with Crippen LogP contribution >= 0.6 is 23.2 Å². The van der Waals surface area contributed by atoms with Gasteiger partial charge >= 0.3 is 5.97 Å². The lowest BCUT2D eigenvalue weighted by Crippen LogP contribution is -2.29. The van der Waals surface area contributed by atoms with Crippen molar-refractivity contribution in [1.82, 2.24) is 10.3 Å². The molecule has 1 unspecified atom stereocenters. The van der Waals surface area contributed by atoms with E-state index < -0.39 is 5.97 Å². The molecule has 0 radical (unpaired) electrons. The minimum Gasteiger partial charge on any atom is -0.481 e. The number of benzene rings is 1. The first-order valence-electron chi connectivity index (χ1n) is 7.73. The molecular formula is C17H18Cl2N2O4. The van der Waals surface area contributed by atoms with Crippen molar-refractivity contribution in [3.05, 3.63) is 40.3 Å². The van der Waals surface area contributed by atoms with Crippen LogP contribution in [0, 0.1) is 5.92 Å². The number of hydrogen-bond acceptors (Lipinski definition) is 4. The Kier molecular flexibility index (Phi) is 6.84. The molecule has 0 aliphatic carbocycles. The van der Waals surface area contributed by atoms with E-state index in [9.17, 15) is 9.59 Å². The standard InChI is InChI=1S/C17H18Cl2N2O4/c1-10(6-17(23)24)8-20-15(22)4-5-16-21-9-14(25-16)12-3-2-11(18)7-13(12)19/h2-3,7,9-10H,4-6,8H2,1H3,(H,20,22)(H,23,24). The number of nitrogens with one attached hydrogen (secondary N) is 1. The van der Waals surface area contributed by atoms with Gasteiger partial charge in [-0.3, -0.25) is 9.59 Å². The average Bonchev–Trinajstić information content (AvgIpc) is 2.99. The number of halogens is 2. The van der Waals surface area contributed by atoms with Crippen molar-refractivity contribution >= 4 is 35.1 Å². The number of hydrogen-bond donors (Lipinski definition) is 2. The molecule has 1 heterocycles. The first-order chi connectivity index (χ1) is 11.8. The average molecular weight is 385 g/mol. The van der Waals surface area contributed by atoms with Gasteiger partial charge in [0.1, 0.15) is 0 Å². The summed E-state index contributed by atoms with van der Waals surface area (Å²) in [5.41, 5.74) is 0.678. The molecule has 6 nitrogen and oxygen atoms in total. The van der Waals surface area contributed by atoms with Gasteiger partial charge in [0.15, 0.2) is 11.7 Å². The van der Waals surface area contributed by atoms with E-state index in [0.717, 1.165) is 0 Å². The summed E-state index contributed by atoms with van der Waals surface area (Å²) in [6.45, 7) is 2.09. The maximum Gasteiger partial charge on any atom is 0.303 e. The van der Waals surface area contributed by atoms with Gasteiger partial charge < -0.3 is 14.8 Å². The van der Waals surface area contributed by atoms with Crippen molar-refractivity contribution in [3.8, 4) is 11.3 Å². The lowest BCUT2D eigenvalue weighted by molar-refractivity contribution is -0.138. The Labute approximate surface area is 155 Å². The summed E-state index contributed by atoms with van der Waals surface area (Å²) in [6.07, 6.45) is 2.11. The normalized spacial score (nSPS) is 12.0. The monoisotopic (exact) mass is 384 g/mol. The fourth-order valence-corrected chi connectivity index (χ4v) is 2.71. The van der Waals surface area contributed by atoms with E-state index in [0.29, 0.717) is 40.2 Å². The zero-order valence-corrected chi connectivity index (χ0v) is 15.1. The van der Waals surface area contributed by atoms with E-state index in [1.807, 2.05) is 0 Å². The topological polar surface area (TPSA) is 92.4 Å². The van der Waals surface area contributed by atoms with Crippen LogP contribution < -0.4 is 5.32 Å². The molecular weight excluding hydrogens is 367 g/mol. The number of aryl methyl sites for hydroxylation is 1. The number of carboxylic acids is 1. The predicted molar refractivity (Wildman–Crippen MR) is 94.7 cm³/mol. The number of amides is 1. The molecule has 2 rings (SSSR count). The molecule has 0 bridgehead atoms. The molecule has 0 aliphatic rings. The van der Waals surface area contributed by atoms with Crippen molar-refractivity contribution in [3.63, 3.8) is 0 Å². The summed E-state index contributed by atoms with van der Waals surface area (Å²) in [5, 5.41) is 12.4. The van der Waals surface area contributed by atoms with E-state index in [-0.39, 0.29) is 24.7 Å². The van der Waals surface area contributed by atoms with E-state index in [1.165, 1.54) is 0 Å². The summed E-state index contributed by atoms with van der Waals surface area (Å²) < 4.78 is 5.62. The highest BCUT2D eigenvalue weighted by Crippen LogP contribution is 2.30. The van der Waals surface area contributed by atoms with Crippen molar-refractivity contribution < 1.29 is 19.1 Å². The van der Waals surface area contributed by atoms with E-state index in [1.54, 1.807) is 31.3 Å². The molecule has 1 atom stereocenters. The highest BCUT2D eigenvalue weighted by molar-refractivity contribution is 6.36. The molecule has 0 spiro atoms. The lowest BCUT2D eigenvalue weighted by Gasteiger charge is -2.09. The first-order valence-corrected chi connectivity index (χ1v) is 8.49. The molecule has 1 aromatic heterocycles. The third-order valence-corrected chi connectivity index (χ3v) is 4.03. The van der Waals surface area contributed by atoms with Crippen LogP contribution in [0.3, 0.4) is 0 Å². The van der Waals surface area contributed by atoms with Gasteiger partial charge in [-0.15, -0.1) is 0 Å². The Bertz CT molecular complexity index is 761. The fraction of sp³-hybridized carbons (Fsp3) is 0.353. The van der Waals surface area contributed by atoms with Gasteiger partial charge in [-0.25, -0.2) is 4.98 Å². The summed E-state index contributed by atoms with van der Waals surface area (Å²) >= 11 is 12.0. The Morgan fingerprint density at radius 2 is 2.12 bits per heavy atom. The molecule has 0 saturated carbocycles. The molecule has 8 heteroatoms. The number of carbonyl (C=O) groups is 2.